The molecule has 2 rings (SSSR count). The molecule has 23 heavy (non-hydrogen) atoms. The average molecular weight is 336 g/mol. The van der Waals surface area contributed by atoms with Crippen LogP contribution in [0.25, 0.3) is 0 Å². The molecule has 0 atom stereocenters. The van der Waals surface area contributed by atoms with Gasteiger partial charge in [0.25, 0.3) is 11.5 Å². The monoisotopic (exact) mass is 336 g/mol. The molecule has 0 bridgehead atoms. The van der Waals surface area contributed by atoms with Gasteiger partial charge in [-0.25, -0.2) is 4.98 Å². The number of anilines is 1. The fraction of sp³-hybridized carbons (Fsp3) is 0.286. The van der Waals surface area contributed by atoms with Crippen LogP contribution in [0.15, 0.2) is 22.4 Å². The second-order valence-electron chi connectivity index (χ2n) is 4.65. The highest BCUT2D eigenvalue weighted by Crippen LogP contribution is 2.20. The first-order chi connectivity index (χ1) is 10.9. The molecule has 0 aliphatic carbocycles. The van der Waals surface area contributed by atoms with Crippen LogP contribution in [0.4, 0.5) is 5.13 Å². The minimum absolute atomic E-state index is 0.145. The summed E-state index contributed by atoms with van der Waals surface area (Å²) in [7, 11) is 4.48. The SMILES string of the molecule is CNC(=O)Cc1csc(NC(=O)c2cn(C)c(=O)cc2OC)n1. The summed E-state index contributed by atoms with van der Waals surface area (Å²) in [5, 5.41) is 7.20. The van der Waals surface area contributed by atoms with Crippen molar-refractivity contribution in [1.29, 1.82) is 0 Å². The van der Waals surface area contributed by atoms with Crippen molar-refractivity contribution in [2.24, 2.45) is 7.05 Å². The lowest BCUT2D eigenvalue weighted by molar-refractivity contribution is -0.120. The maximum atomic E-state index is 12.3. The van der Waals surface area contributed by atoms with Crippen molar-refractivity contribution in [1.82, 2.24) is 14.9 Å². The van der Waals surface area contributed by atoms with Gasteiger partial charge in [0.1, 0.15) is 5.75 Å². The van der Waals surface area contributed by atoms with Crippen molar-refractivity contribution in [3.63, 3.8) is 0 Å². The van der Waals surface area contributed by atoms with Crippen LogP contribution in [-0.4, -0.2) is 35.5 Å². The number of carbonyl (C=O) groups excluding carboxylic acids is 2. The standard InChI is InChI=1S/C14H16N4O4S/c1-15-11(19)4-8-7-23-14(16-8)17-13(21)9-6-18(2)12(20)5-10(9)22-3/h5-7H,4H2,1-3H3,(H,15,19)(H,16,17,21). The number of nitrogens with zero attached hydrogens (tertiary/aromatic N) is 2. The van der Waals surface area contributed by atoms with Gasteiger partial charge in [-0.1, -0.05) is 0 Å². The molecule has 0 aliphatic rings. The van der Waals surface area contributed by atoms with E-state index in [-0.39, 0.29) is 29.2 Å². The molecule has 0 aliphatic heterocycles. The van der Waals surface area contributed by atoms with Crippen molar-refractivity contribution in [2.75, 3.05) is 19.5 Å². The van der Waals surface area contributed by atoms with Gasteiger partial charge in [-0.2, -0.15) is 0 Å². The number of amides is 2. The van der Waals surface area contributed by atoms with Gasteiger partial charge in [-0.05, 0) is 0 Å². The average Bonchev–Trinajstić information content (AvgIpc) is 2.96. The molecule has 0 saturated carbocycles. The van der Waals surface area contributed by atoms with Gasteiger partial charge in [0.05, 0.1) is 24.8 Å². The summed E-state index contributed by atoms with van der Waals surface area (Å²) in [6.07, 6.45) is 1.54. The fourth-order valence-electron chi connectivity index (χ4n) is 1.81. The number of aromatic nitrogens is 2. The van der Waals surface area contributed by atoms with E-state index in [0.717, 1.165) is 0 Å². The molecule has 2 aromatic rings. The zero-order valence-corrected chi connectivity index (χ0v) is 13.7. The van der Waals surface area contributed by atoms with Crippen LogP contribution in [0.5, 0.6) is 5.75 Å². The maximum Gasteiger partial charge on any atom is 0.262 e. The lowest BCUT2D eigenvalue weighted by atomic mass is 10.2. The summed E-state index contributed by atoms with van der Waals surface area (Å²) in [5.74, 6) is -0.418. The van der Waals surface area contributed by atoms with Gasteiger partial charge < -0.3 is 14.6 Å². The molecule has 122 valence electrons. The highest BCUT2D eigenvalue weighted by Gasteiger charge is 2.16. The molecule has 2 aromatic heterocycles. The number of carbonyl (C=O) groups is 2. The number of aryl methyl sites for hydroxylation is 1. The van der Waals surface area contributed by atoms with Crippen LogP contribution < -0.4 is 20.9 Å². The minimum atomic E-state index is -0.446. The van der Waals surface area contributed by atoms with Gasteiger partial charge in [-0.3, -0.25) is 19.7 Å². The second-order valence-corrected chi connectivity index (χ2v) is 5.51. The molecule has 0 fully saturated rings. The molecule has 0 aromatic carbocycles. The van der Waals surface area contributed by atoms with E-state index in [1.165, 1.54) is 35.3 Å². The Morgan fingerprint density at radius 1 is 1.43 bits per heavy atom. The van der Waals surface area contributed by atoms with Crippen LogP contribution in [0.3, 0.4) is 0 Å². The van der Waals surface area contributed by atoms with Crippen molar-refractivity contribution < 1.29 is 14.3 Å². The lowest BCUT2D eigenvalue weighted by Crippen LogP contribution is -2.21. The van der Waals surface area contributed by atoms with E-state index in [4.69, 9.17) is 4.74 Å². The van der Waals surface area contributed by atoms with Gasteiger partial charge in [0, 0.05) is 31.7 Å². The largest absolute Gasteiger partial charge is 0.496 e. The van der Waals surface area contributed by atoms with Crippen molar-refractivity contribution in [3.8, 4) is 5.75 Å². The smallest absolute Gasteiger partial charge is 0.262 e. The number of rotatable bonds is 5. The zero-order valence-electron chi connectivity index (χ0n) is 12.9. The van der Waals surface area contributed by atoms with Crippen LogP contribution in [0.1, 0.15) is 16.1 Å². The maximum absolute atomic E-state index is 12.3. The number of hydrogen-bond donors (Lipinski definition) is 2. The number of methoxy groups -OCH3 is 1. The zero-order chi connectivity index (χ0) is 17.0. The molecule has 8 nitrogen and oxygen atoms in total. The van der Waals surface area contributed by atoms with E-state index >= 15 is 0 Å². The molecule has 0 saturated heterocycles. The highest BCUT2D eigenvalue weighted by atomic mass is 32.1. The predicted molar refractivity (Wildman–Crippen MR) is 86.1 cm³/mol. The first-order valence-electron chi connectivity index (χ1n) is 6.65. The Kier molecular flexibility index (Phi) is 5.12. The van der Waals surface area contributed by atoms with E-state index in [0.29, 0.717) is 10.8 Å². The highest BCUT2D eigenvalue weighted by molar-refractivity contribution is 7.14. The van der Waals surface area contributed by atoms with Gasteiger partial charge in [0.15, 0.2) is 5.13 Å². The second kappa shape index (κ2) is 7.05. The Hall–Kier alpha value is -2.68. The molecule has 2 amide bonds. The number of nitrogens with one attached hydrogen (secondary N) is 2. The Labute approximate surface area is 136 Å². The van der Waals surface area contributed by atoms with Gasteiger partial charge >= 0.3 is 0 Å². The first kappa shape index (κ1) is 16.7. The predicted octanol–water partition coefficient (Wildman–Crippen LogP) is 0.391. The van der Waals surface area contributed by atoms with Crippen LogP contribution >= 0.6 is 11.3 Å². The minimum Gasteiger partial charge on any atom is -0.496 e. The van der Waals surface area contributed by atoms with Crippen LogP contribution in [-0.2, 0) is 18.3 Å². The summed E-state index contributed by atoms with van der Waals surface area (Å²) in [5.41, 5.74) is 0.509. The van der Waals surface area contributed by atoms with E-state index in [1.807, 2.05) is 0 Å². The number of pyridine rings is 1. The molecule has 0 radical (unpaired) electrons. The van der Waals surface area contributed by atoms with Gasteiger partial charge in [-0.15, -0.1) is 11.3 Å². The van der Waals surface area contributed by atoms with Gasteiger partial charge in [0.2, 0.25) is 5.91 Å². The molecule has 9 heteroatoms. The summed E-state index contributed by atoms with van der Waals surface area (Å²) < 4.78 is 6.36. The number of likely N-dealkylation sites (N-methyl/N-ethyl adjacent to an activating group) is 1. The molecule has 2 N–H and O–H groups in total. The first-order valence-corrected chi connectivity index (χ1v) is 7.53. The Morgan fingerprint density at radius 2 is 2.17 bits per heavy atom. The lowest BCUT2D eigenvalue weighted by Gasteiger charge is -2.09. The normalized spacial score (nSPS) is 10.2. The van der Waals surface area contributed by atoms with Crippen LogP contribution in [0.2, 0.25) is 0 Å². The third-order valence-electron chi connectivity index (χ3n) is 3.05. The van der Waals surface area contributed by atoms with E-state index in [1.54, 1.807) is 19.5 Å². The molecular weight excluding hydrogens is 320 g/mol. The van der Waals surface area contributed by atoms with E-state index in [2.05, 4.69) is 15.6 Å². The Balaban J connectivity index is 2.18. The van der Waals surface area contributed by atoms with Crippen molar-refractivity contribution in [3.05, 3.63) is 39.3 Å². The number of hydrogen-bond acceptors (Lipinski definition) is 6. The van der Waals surface area contributed by atoms with E-state index in [9.17, 15) is 14.4 Å². The van der Waals surface area contributed by atoms with E-state index < -0.39 is 5.91 Å². The Morgan fingerprint density at radius 3 is 2.83 bits per heavy atom. The van der Waals surface area contributed by atoms with Crippen molar-refractivity contribution in [2.45, 2.75) is 6.42 Å². The Bertz CT molecular complexity index is 796. The third kappa shape index (κ3) is 3.95. The summed E-state index contributed by atoms with van der Waals surface area (Å²) in [6.45, 7) is 0. The topological polar surface area (TPSA) is 102 Å². The third-order valence-corrected chi connectivity index (χ3v) is 3.85. The summed E-state index contributed by atoms with van der Waals surface area (Å²) in [4.78, 5) is 39.4. The number of thiazole rings is 1. The molecule has 2 heterocycles. The van der Waals surface area contributed by atoms with Crippen molar-refractivity contribution >= 4 is 28.3 Å². The fourth-order valence-corrected chi connectivity index (χ4v) is 2.52. The molecular formula is C14H16N4O4S. The quantitative estimate of drug-likeness (QED) is 0.822. The molecule has 0 unspecified atom stereocenters. The van der Waals surface area contributed by atoms with Crippen LogP contribution in [0, 0.1) is 0 Å². The summed E-state index contributed by atoms with van der Waals surface area (Å²) >= 11 is 1.21. The summed E-state index contributed by atoms with van der Waals surface area (Å²) in [6, 6.07) is 1.24. The molecule has 0 spiro atoms. The number of ether oxygens (including phenoxy) is 1.